The van der Waals surface area contributed by atoms with Gasteiger partial charge in [0.2, 0.25) is 0 Å². The first-order valence-electron chi connectivity index (χ1n) is 10.3. The number of hydrogen-bond acceptors (Lipinski definition) is 3. The van der Waals surface area contributed by atoms with E-state index in [0.717, 1.165) is 67.7 Å². The van der Waals surface area contributed by atoms with E-state index in [1.807, 2.05) is 12.1 Å². The van der Waals surface area contributed by atoms with Gasteiger partial charge in [-0.2, -0.15) is 0 Å². The molecule has 0 spiro atoms. The van der Waals surface area contributed by atoms with Crippen LogP contribution >= 0.6 is 11.6 Å². The summed E-state index contributed by atoms with van der Waals surface area (Å²) in [5.74, 6) is 0.759. The molecular weight excluding hydrogens is 392 g/mol. The van der Waals surface area contributed by atoms with Crippen LogP contribution in [-0.2, 0) is 43.3 Å². The van der Waals surface area contributed by atoms with Crippen LogP contribution < -0.4 is 0 Å². The van der Waals surface area contributed by atoms with Crippen molar-refractivity contribution < 1.29 is 9.32 Å². The van der Waals surface area contributed by atoms with Crippen molar-refractivity contribution in [1.82, 2.24) is 9.47 Å². The predicted molar refractivity (Wildman–Crippen MR) is 112 cm³/mol. The van der Waals surface area contributed by atoms with E-state index in [1.165, 1.54) is 28.8 Å². The van der Waals surface area contributed by atoms with Crippen molar-refractivity contribution in [3.8, 4) is 0 Å². The van der Waals surface area contributed by atoms with E-state index in [0.29, 0.717) is 0 Å². The van der Waals surface area contributed by atoms with Gasteiger partial charge in [0.15, 0.2) is 0 Å². The molecule has 4 nitrogen and oxygen atoms in total. The van der Waals surface area contributed by atoms with Crippen LogP contribution in [0.2, 0.25) is 5.02 Å². The summed E-state index contributed by atoms with van der Waals surface area (Å²) in [5.41, 5.74) is 5.43. The van der Waals surface area contributed by atoms with Crippen LogP contribution in [0.4, 0.5) is 0 Å². The standard InChI is InChI=1S/C22H27ClN2O2S/c23-17-4-2-16(3-5-17)6-10-24-12-19-18-7-11-28(27)21(18)25(20(19)13-24)14-22(15-26)8-1-9-22/h2-5,26H,1,6-15H2. The molecule has 1 fully saturated rings. The third-order valence-corrected chi connectivity index (χ3v) is 8.65. The zero-order chi connectivity index (χ0) is 19.3. The van der Waals surface area contributed by atoms with Crippen molar-refractivity contribution in [1.29, 1.82) is 0 Å². The molecule has 6 heteroatoms. The van der Waals surface area contributed by atoms with E-state index < -0.39 is 10.8 Å². The molecule has 1 saturated carbocycles. The monoisotopic (exact) mass is 418 g/mol. The van der Waals surface area contributed by atoms with Gasteiger partial charge in [-0.05, 0) is 54.5 Å². The van der Waals surface area contributed by atoms with Crippen molar-refractivity contribution in [2.75, 3.05) is 18.9 Å². The minimum atomic E-state index is -0.878. The van der Waals surface area contributed by atoms with E-state index in [-0.39, 0.29) is 12.0 Å². The largest absolute Gasteiger partial charge is 0.396 e. The summed E-state index contributed by atoms with van der Waals surface area (Å²) < 4.78 is 15.0. The maximum Gasteiger partial charge on any atom is 0.110 e. The molecule has 1 aromatic heterocycles. The molecule has 3 heterocycles. The van der Waals surface area contributed by atoms with Crippen LogP contribution in [-0.4, -0.2) is 37.7 Å². The molecule has 1 aliphatic carbocycles. The second-order valence-corrected chi connectivity index (χ2v) is 10.6. The maximum absolute atomic E-state index is 12.7. The zero-order valence-electron chi connectivity index (χ0n) is 16.1. The van der Waals surface area contributed by atoms with Gasteiger partial charge in [-0.25, -0.2) is 0 Å². The normalized spacial score (nSPS) is 22.9. The van der Waals surface area contributed by atoms with Crippen molar-refractivity contribution in [2.24, 2.45) is 5.41 Å². The number of halogens is 1. The van der Waals surface area contributed by atoms with Crippen LogP contribution in [0.5, 0.6) is 0 Å². The minimum Gasteiger partial charge on any atom is -0.396 e. The highest BCUT2D eigenvalue weighted by Gasteiger charge is 2.41. The van der Waals surface area contributed by atoms with E-state index in [2.05, 4.69) is 21.6 Å². The lowest BCUT2D eigenvalue weighted by atomic mass is 9.69. The fourth-order valence-electron chi connectivity index (χ4n) is 5.06. The average Bonchev–Trinajstić information content (AvgIpc) is 3.31. The third-order valence-electron chi connectivity index (χ3n) is 6.92. The zero-order valence-corrected chi connectivity index (χ0v) is 17.7. The highest BCUT2D eigenvalue weighted by atomic mass is 35.5. The van der Waals surface area contributed by atoms with Crippen LogP contribution in [0.3, 0.4) is 0 Å². The van der Waals surface area contributed by atoms with Gasteiger partial charge < -0.3 is 9.67 Å². The average molecular weight is 419 g/mol. The van der Waals surface area contributed by atoms with E-state index >= 15 is 0 Å². The van der Waals surface area contributed by atoms with Gasteiger partial charge in [0.25, 0.3) is 0 Å². The topological polar surface area (TPSA) is 45.5 Å². The molecule has 3 aliphatic rings. The van der Waals surface area contributed by atoms with Crippen molar-refractivity contribution in [3.63, 3.8) is 0 Å². The van der Waals surface area contributed by atoms with Gasteiger partial charge in [0, 0.05) is 48.1 Å². The third kappa shape index (κ3) is 3.17. The Kier molecular flexibility index (Phi) is 4.90. The number of benzene rings is 1. The molecule has 1 N–H and O–H groups in total. The Morgan fingerprint density at radius 3 is 2.61 bits per heavy atom. The van der Waals surface area contributed by atoms with Gasteiger partial charge in [0.05, 0.1) is 17.4 Å². The smallest absolute Gasteiger partial charge is 0.110 e. The summed E-state index contributed by atoms with van der Waals surface area (Å²) in [6.45, 7) is 3.97. The Bertz CT molecular complexity index is 912. The van der Waals surface area contributed by atoms with Gasteiger partial charge in [-0.1, -0.05) is 30.2 Å². The highest BCUT2D eigenvalue weighted by molar-refractivity contribution is 7.85. The SMILES string of the molecule is O=S1CCc2c3c(n(CC4(CO)CCC4)c21)CN(CCc1ccc(Cl)cc1)C3. The first-order chi connectivity index (χ1) is 13.6. The lowest BCUT2D eigenvalue weighted by Gasteiger charge is -2.41. The van der Waals surface area contributed by atoms with Gasteiger partial charge in [0.1, 0.15) is 5.03 Å². The Morgan fingerprint density at radius 2 is 1.93 bits per heavy atom. The molecule has 1 atom stereocenters. The van der Waals surface area contributed by atoms with Gasteiger partial charge in [-0.15, -0.1) is 0 Å². The number of fused-ring (bicyclic) bond motifs is 3. The number of rotatable bonds is 6. The molecule has 150 valence electrons. The Morgan fingerprint density at radius 1 is 1.14 bits per heavy atom. The predicted octanol–water partition coefficient (Wildman–Crippen LogP) is 3.53. The molecule has 1 unspecified atom stereocenters. The fourth-order valence-corrected chi connectivity index (χ4v) is 6.69. The summed E-state index contributed by atoms with van der Waals surface area (Å²) in [5, 5.41) is 11.8. The van der Waals surface area contributed by atoms with Crippen molar-refractivity contribution in [3.05, 3.63) is 51.7 Å². The number of hydrogen-bond donors (Lipinski definition) is 1. The van der Waals surface area contributed by atoms with E-state index in [1.54, 1.807) is 0 Å². The van der Waals surface area contributed by atoms with Gasteiger partial charge >= 0.3 is 0 Å². The molecule has 0 saturated heterocycles. The Balaban J connectivity index is 1.36. The maximum atomic E-state index is 12.7. The summed E-state index contributed by atoms with van der Waals surface area (Å²) in [7, 11) is -0.878. The molecule has 0 bridgehead atoms. The molecule has 1 aromatic carbocycles. The van der Waals surface area contributed by atoms with Crippen LogP contribution in [0.1, 0.15) is 41.6 Å². The molecular formula is C22H27ClN2O2S. The van der Waals surface area contributed by atoms with E-state index in [9.17, 15) is 9.32 Å². The molecule has 5 rings (SSSR count). The lowest BCUT2D eigenvalue weighted by molar-refractivity contribution is 0.0246. The van der Waals surface area contributed by atoms with Gasteiger partial charge in [-0.3, -0.25) is 9.11 Å². The number of aromatic nitrogens is 1. The summed E-state index contributed by atoms with van der Waals surface area (Å²) >= 11 is 5.99. The Labute approximate surface area is 174 Å². The van der Waals surface area contributed by atoms with E-state index in [4.69, 9.17) is 11.6 Å². The highest BCUT2D eigenvalue weighted by Crippen LogP contribution is 2.45. The number of aliphatic hydroxyl groups excluding tert-OH is 1. The summed E-state index contributed by atoms with van der Waals surface area (Å²) in [4.78, 5) is 2.50. The molecule has 2 aliphatic heterocycles. The minimum absolute atomic E-state index is 0.00404. The quantitative estimate of drug-likeness (QED) is 0.780. The second kappa shape index (κ2) is 7.28. The van der Waals surface area contributed by atoms with Crippen LogP contribution in [0.15, 0.2) is 29.3 Å². The summed E-state index contributed by atoms with van der Waals surface area (Å²) in [6, 6.07) is 8.12. The number of nitrogens with zero attached hydrogens (tertiary/aromatic N) is 2. The van der Waals surface area contributed by atoms with Crippen LogP contribution in [0, 0.1) is 5.41 Å². The second-order valence-electron chi connectivity index (χ2n) is 8.69. The Hall–Kier alpha value is -1.14. The van der Waals surface area contributed by atoms with Crippen LogP contribution in [0.25, 0.3) is 0 Å². The molecule has 28 heavy (non-hydrogen) atoms. The number of aliphatic hydroxyl groups is 1. The van der Waals surface area contributed by atoms with Crippen molar-refractivity contribution >= 4 is 22.4 Å². The lowest BCUT2D eigenvalue weighted by Crippen LogP contribution is -2.38. The molecule has 0 radical (unpaired) electrons. The molecule has 2 aromatic rings. The fraction of sp³-hybridized carbons (Fsp3) is 0.545. The summed E-state index contributed by atoms with van der Waals surface area (Å²) in [6.07, 6.45) is 5.31. The first-order valence-corrected chi connectivity index (χ1v) is 12.0. The molecule has 0 amide bonds. The van der Waals surface area contributed by atoms with Crippen molar-refractivity contribution in [2.45, 2.75) is 56.8 Å². The first kappa shape index (κ1) is 18.9.